The first-order valence-corrected chi connectivity index (χ1v) is 9.62. The smallest absolute Gasteiger partial charge is 0.275 e. The molecule has 27 heavy (non-hydrogen) atoms. The Hall–Kier alpha value is -2.70. The fourth-order valence-corrected chi connectivity index (χ4v) is 3.24. The number of benzene rings is 2. The van der Waals surface area contributed by atoms with Crippen molar-refractivity contribution in [1.29, 1.82) is 0 Å². The lowest BCUT2D eigenvalue weighted by Crippen LogP contribution is -2.17. The van der Waals surface area contributed by atoms with Crippen molar-refractivity contribution in [3.05, 3.63) is 64.6 Å². The van der Waals surface area contributed by atoms with Crippen LogP contribution in [-0.4, -0.2) is 16.8 Å². The zero-order valence-corrected chi connectivity index (χ0v) is 16.4. The minimum atomic E-state index is -0.293. The Labute approximate surface area is 166 Å². The molecule has 0 radical (unpaired) electrons. The van der Waals surface area contributed by atoms with Crippen molar-refractivity contribution in [2.24, 2.45) is 5.92 Å². The van der Waals surface area contributed by atoms with Crippen LogP contribution in [-0.2, 0) is 4.79 Å². The van der Waals surface area contributed by atoms with Crippen molar-refractivity contribution in [2.45, 2.75) is 13.8 Å². The van der Waals surface area contributed by atoms with E-state index in [0.717, 1.165) is 10.6 Å². The quantitative estimate of drug-likeness (QED) is 0.610. The summed E-state index contributed by atoms with van der Waals surface area (Å²) in [7, 11) is 0. The molecule has 1 heterocycles. The SMILES string of the molecule is CC(C)C(=O)Nc1ccc(NC(=O)c2csc(-c3cccc(Cl)c3)n2)cc1. The zero-order chi connectivity index (χ0) is 19.4. The number of amides is 2. The van der Waals surface area contributed by atoms with Gasteiger partial charge in [0.1, 0.15) is 10.7 Å². The van der Waals surface area contributed by atoms with Crippen LogP contribution in [0.5, 0.6) is 0 Å². The summed E-state index contributed by atoms with van der Waals surface area (Å²) in [5.41, 5.74) is 2.52. The molecule has 1 aromatic heterocycles. The average molecular weight is 400 g/mol. The molecule has 2 aromatic carbocycles. The van der Waals surface area contributed by atoms with E-state index in [9.17, 15) is 9.59 Å². The van der Waals surface area contributed by atoms with E-state index < -0.39 is 0 Å². The minimum absolute atomic E-state index is 0.0530. The van der Waals surface area contributed by atoms with E-state index in [1.165, 1.54) is 11.3 Å². The highest BCUT2D eigenvalue weighted by atomic mass is 35.5. The third kappa shape index (κ3) is 4.93. The Morgan fingerprint density at radius 2 is 1.70 bits per heavy atom. The molecule has 0 aliphatic rings. The molecule has 0 atom stereocenters. The summed E-state index contributed by atoms with van der Waals surface area (Å²) >= 11 is 7.39. The first-order chi connectivity index (χ1) is 12.9. The molecule has 7 heteroatoms. The fraction of sp³-hybridized carbons (Fsp3) is 0.150. The van der Waals surface area contributed by atoms with E-state index >= 15 is 0 Å². The second-order valence-electron chi connectivity index (χ2n) is 6.22. The van der Waals surface area contributed by atoms with Crippen molar-refractivity contribution in [2.75, 3.05) is 10.6 Å². The molecule has 0 saturated heterocycles. The van der Waals surface area contributed by atoms with E-state index in [4.69, 9.17) is 11.6 Å². The first-order valence-electron chi connectivity index (χ1n) is 8.36. The number of hydrogen-bond acceptors (Lipinski definition) is 4. The number of nitrogens with zero attached hydrogens (tertiary/aromatic N) is 1. The molecule has 3 aromatic rings. The number of hydrogen-bond donors (Lipinski definition) is 2. The first kappa shape index (κ1) is 19.1. The van der Waals surface area contributed by atoms with E-state index in [0.29, 0.717) is 22.1 Å². The van der Waals surface area contributed by atoms with E-state index in [1.807, 2.05) is 32.0 Å². The highest BCUT2D eigenvalue weighted by molar-refractivity contribution is 7.13. The lowest BCUT2D eigenvalue weighted by molar-refractivity contribution is -0.118. The number of nitrogens with one attached hydrogen (secondary N) is 2. The van der Waals surface area contributed by atoms with Gasteiger partial charge in [0.2, 0.25) is 5.91 Å². The van der Waals surface area contributed by atoms with Crippen LogP contribution in [0.4, 0.5) is 11.4 Å². The summed E-state index contributed by atoms with van der Waals surface area (Å²) in [6, 6.07) is 14.3. The lowest BCUT2D eigenvalue weighted by atomic mass is 10.2. The molecule has 138 valence electrons. The van der Waals surface area contributed by atoms with Crippen LogP contribution in [0.2, 0.25) is 5.02 Å². The van der Waals surface area contributed by atoms with Gasteiger partial charge in [0, 0.05) is 33.3 Å². The summed E-state index contributed by atoms with van der Waals surface area (Å²) in [6.07, 6.45) is 0. The number of thiazole rings is 1. The van der Waals surface area contributed by atoms with Gasteiger partial charge in [-0.3, -0.25) is 9.59 Å². The molecule has 2 amide bonds. The third-order valence-corrected chi connectivity index (χ3v) is 4.87. The highest BCUT2D eigenvalue weighted by Crippen LogP contribution is 2.26. The van der Waals surface area contributed by atoms with Crippen molar-refractivity contribution >= 4 is 46.1 Å². The lowest BCUT2D eigenvalue weighted by Gasteiger charge is -2.09. The maximum atomic E-state index is 12.4. The van der Waals surface area contributed by atoms with Crippen molar-refractivity contribution in [1.82, 2.24) is 4.98 Å². The van der Waals surface area contributed by atoms with Crippen LogP contribution in [0.25, 0.3) is 10.6 Å². The molecule has 0 saturated carbocycles. The van der Waals surface area contributed by atoms with Gasteiger partial charge in [-0.2, -0.15) is 0 Å². The van der Waals surface area contributed by atoms with E-state index in [-0.39, 0.29) is 17.7 Å². The molecule has 2 N–H and O–H groups in total. The van der Waals surface area contributed by atoms with Crippen LogP contribution < -0.4 is 10.6 Å². The molecule has 0 aliphatic carbocycles. The fourth-order valence-electron chi connectivity index (χ4n) is 2.25. The standard InChI is InChI=1S/C20H18ClN3O2S/c1-12(2)18(25)22-15-6-8-16(9-7-15)23-19(26)17-11-27-20(24-17)13-4-3-5-14(21)10-13/h3-12H,1-2H3,(H,22,25)(H,23,26). The van der Waals surface area contributed by atoms with E-state index in [2.05, 4.69) is 15.6 Å². The van der Waals surface area contributed by atoms with Crippen molar-refractivity contribution in [3.63, 3.8) is 0 Å². The van der Waals surface area contributed by atoms with Crippen LogP contribution in [0.3, 0.4) is 0 Å². The number of carbonyl (C=O) groups excluding carboxylic acids is 2. The largest absolute Gasteiger partial charge is 0.326 e. The predicted molar refractivity (Wildman–Crippen MR) is 110 cm³/mol. The van der Waals surface area contributed by atoms with Crippen LogP contribution in [0, 0.1) is 5.92 Å². The van der Waals surface area contributed by atoms with E-state index in [1.54, 1.807) is 35.7 Å². The molecule has 0 aliphatic heterocycles. The van der Waals surface area contributed by atoms with Gasteiger partial charge in [0.05, 0.1) is 0 Å². The third-order valence-electron chi connectivity index (χ3n) is 3.74. The van der Waals surface area contributed by atoms with Crippen LogP contribution in [0.1, 0.15) is 24.3 Å². The van der Waals surface area contributed by atoms with Crippen LogP contribution in [0.15, 0.2) is 53.9 Å². The summed E-state index contributed by atoms with van der Waals surface area (Å²) in [5.74, 6) is -0.441. The second kappa shape index (κ2) is 8.33. The normalized spacial score (nSPS) is 10.7. The molecule has 3 rings (SSSR count). The maximum Gasteiger partial charge on any atom is 0.275 e. The number of aromatic nitrogens is 1. The molecular weight excluding hydrogens is 382 g/mol. The number of halogens is 1. The van der Waals surface area contributed by atoms with Gasteiger partial charge >= 0.3 is 0 Å². The summed E-state index contributed by atoms with van der Waals surface area (Å²) in [6.45, 7) is 3.66. The minimum Gasteiger partial charge on any atom is -0.326 e. The maximum absolute atomic E-state index is 12.4. The van der Waals surface area contributed by atoms with Crippen LogP contribution >= 0.6 is 22.9 Å². The molecule has 5 nitrogen and oxygen atoms in total. The Morgan fingerprint density at radius 3 is 2.33 bits per heavy atom. The summed E-state index contributed by atoms with van der Waals surface area (Å²) < 4.78 is 0. The van der Waals surface area contributed by atoms with Gasteiger partial charge in [0.15, 0.2) is 0 Å². The Balaban J connectivity index is 1.66. The Bertz CT molecular complexity index is 967. The number of anilines is 2. The molecular formula is C20H18ClN3O2S. The zero-order valence-electron chi connectivity index (χ0n) is 14.8. The van der Waals surface area contributed by atoms with Crippen molar-refractivity contribution in [3.8, 4) is 10.6 Å². The van der Waals surface area contributed by atoms with Gasteiger partial charge in [-0.25, -0.2) is 4.98 Å². The monoisotopic (exact) mass is 399 g/mol. The molecule has 0 spiro atoms. The van der Waals surface area contributed by atoms with Gasteiger partial charge in [-0.15, -0.1) is 11.3 Å². The predicted octanol–water partition coefficient (Wildman–Crippen LogP) is 5.31. The second-order valence-corrected chi connectivity index (χ2v) is 7.52. The van der Waals surface area contributed by atoms with Gasteiger partial charge < -0.3 is 10.6 Å². The van der Waals surface area contributed by atoms with Gasteiger partial charge in [-0.05, 0) is 36.4 Å². The molecule has 0 unspecified atom stereocenters. The topological polar surface area (TPSA) is 71.1 Å². The molecule has 0 fully saturated rings. The summed E-state index contributed by atoms with van der Waals surface area (Å²) in [4.78, 5) is 28.5. The number of carbonyl (C=O) groups is 2. The van der Waals surface area contributed by atoms with Crippen molar-refractivity contribution < 1.29 is 9.59 Å². The number of rotatable bonds is 5. The average Bonchev–Trinajstić information content (AvgIpc) is 3.13. The summed E-state index contributed by atoms with van der Waals surface area (Å²) in [5, 5.41) is 8.68. The van der Waals surface area contributed by atoms with Gasteiger partial charge in [-0.1, -0.05) is 37.6 Å². The Kier molecular flexibility index (Phi) is 5.88. The molecule has 0 bridgehead atoms. The van der Waals surface area contributed by atoms with Gasteiger partial charge in [0.25, 0.3) is 5.91 Å². The highest BCUT2D eigenvalue weighted by Gasteiger charge is 2.13. The Morgan fingerprint density at radius 1 is 1.04 bits per heavy atom.